The molecule has 6 aromatic rings. The largest absolute Gasteiger partial charge is 0.360 e. The molecule has 3 aromatic heterocycles. The summed E-state index contributed by atoms with van der Waals surface area (Å²) >= 11 is 3.35. The monoisotopic (exact) mass is 539 g/mol. The summed E-state index contributed by atoms with van der Waals surface area (Å²) in [5, 5.41) is 16.6. The van der Waals surface area contributed by atoms with Crippen LogP contribution < -0.4 is 0 Å². The number of aromatic amines is 1. The van der Waals surface area contributed by atoms with E-state index in [2.05, 4.69) is 31.0 Å². The van der Waals surface area contributed by atoms with E-state index in [1.165, 1.54) is 28.8 Å². The van der Waals surface area contributed by atoms with Crippen molar-refractivity contribution < 1.29 is 14.5 Å². The molecule has 3 heterocycles. The van der Waals surface area contributed by atoms with Gasteiger partial charge in [-0.3, -0.25) is 19.7 Å². The molecule has 0 aliphatic carbocycles. The van der Waals surface area contributed by atoms with Gasteiger partial charge in [-0.2, -0.15) is 5.10 Å². The van der Waals surface area contributed by atoms with Crippen LogP contribution in [0.25, 0.3) is 27.6 Å². The molecule has 36 heavy (non-hydrogen) atoms. The van der Waals surface area contributed by atoms with Crippen molar-refractivity contribution in [1.82, 2.24) is 19.6 Å². The summed E-state index contributed by atoms with van der Waals surface area (Å²) in [5.74, 6) is -0.751. The smallest absolute Gasteiger partial charge is 0.271 e. The fraction of sp³-hybridized carbons (Fsp3) is 0. The highest BCUT2D eigenvalue weighted by molar-refractivity contribution is 9.10. The van der Waals surface area contributed by atoms with Gasteiger partial charge in [0, 0.05) is 44.8 Å². The minimum atomic E-state index is -0.520. The van der Waals surface area contributed by atoms with Crippen molar-refractivity contribution in [2.75, 3.05) is 0 Å². The number of rotatable bonds is 5. The summed E-state index contributed by atoms with van der Waals surface area (Å²) in [6.45, 7) is 0. The number of fused-ring (bicyclic) bond motifs is 4. The lowest BCUT2D eigenvalue weighted by Gasteiger charge is -2.07. The van der Waals surface area contributed by atoms with E-state index < -0.39 is 10.7 Å². The molecule has 10 heteroatoms. The standard InChI is InChI=1S/C26H14BrN5O4/c27-15-7-5-14(6-8-15)24(33)22-12-18(25(34)19-13-28-20-4-2-1-3-17(19)20)26-29-21-10-9-16(32(35)36)11-23(21)31(26)30-22/h1-13,28H. The molecule has 0 bridgehead atoms. The first kappa shape index (κ1) is 21.8. The highest BCUT2D eigenvalue weighted by Gasteiger charge is 2.24. The van der Waals surface area contributed by atoms with Crippen LogP contribution in [0, 0.1) is 10.1 Å². The van der Waals surface area contributed by atoms with E-state index in [-0.39, 0.29) is 28.4 Å². The number of hydrogen-bond acceptors (Lipinski definition) is 6. The Balaban J connectivity index is 1.62. The van der Waals surface area contributed by atoms with Crippen LogP contribution >= 0.6 is 15.9 Å². The van der Waals surface area contributed by atoms with Gasteiger partial charge in [0.05, 0.1) is 21.5 Å². The average molecular weight is 540 g/mol. The van der Waals surface area contributed by atoms with Gasteiger partial charge in [-0.25, -0.2) is 9.50 Å². The summed E-state index contributed by atoms with van der Waals surface area (Å²) < 4.78 is 2.14. The van der Waals surface area contributed by atoms with Crippen molar-refractivity contribution in [3.8, 4) is 0 Å². The van der Waals surface area contributed by atoms with Gasteiger partial charge in [-0.1, -0.05) is 34.1 Å². The third-order valence-corrected chi connectivity index (χ3v) is 6.50. The predicted molar refractivity (Wildman–Crippen MR) is 136 cm³/mol. The number of halogens is 1. The summed E-state index contributed by atoms with van der Waals surface area (Å²) in [4.78, 5) is 45.7. The topological polar surface area (TPSA) is 123 Å². The highest BCUT2D eigenvalue weighted by Crippen LogP contribution is 2.27. The van der Waals surface area contributed by atoms with E-state index in [0.29, 0.717) is 22.2 Å². The molecule has 0 aliphatic rings. The molecule has 0 amide bonds. The average Bonchev–Trinajstić information content (AvgIpc) is 3.49. The number of non-ortho nitro benzene ring substituents is 1. The molecular formula is C26H14BrN5O4. The number of imidazole rings is 1. The normalized spacial score (nSPS) is 11.4. The van der Waals surface area contributed by atoms with Crippen LogP contribution in [-0.2, 0) is 0 Å². The lowest BCUT2D eigenvalue weighted by atomic mass is 10.0. The van der Waals surface area contributed by atoms with E-state index in [9.17, 15) is 19.7 Å². The van der Waals surface area contributed by atoms with Crippen LogP contribution in [-0.4, -0.2) is 36.1 Å². The number of ketones is 2. The Morgan fingerprint density at radius 1 is 0.944 bits per heavy atom. The van der Waals surface area contributed by atoms with Gasteiger partial charge in [0.25, 0.3) is 5.69 Å². The molecule has 6 rings (SSSR count). The van der Waals surface area contributed by atoms with Crippen LogP contribution in [0.1, 0.15) is 32.0 Å². The molecule has 0 aliphatic heterocycles. The first-order valence-corrected chi connectivity index (χ1v) is 11.6. The van der Waals surface area contributed by atoms with E-state index in [1.807, 2.05) is 24.3 Å². The second kappa shape index (κ2) is 8.21. The lowest BCUT2D eigenvalue weighted by Crippen LogP contribution is -2.12. The molecule has 0 radical (unpaired) electrons. The summed E-state index contributed by atoms with van der Waals surface area (Å²) in [5.41, 5.74) is 2.54. The summed E-state index contributed by atoms with van der Waals surface area (Å²) in [7, 11) is 0. The number of benzene rings is 3. The Hall–Kier alpha value is -4.70. The van der Waals surface area contributed by atoms with Crippen molar-refractivity contribution >= 4 is 60.8 Å². The lowest BCUT2D eigenvalue weighted by molar-refractivity contribution is -0.384. The van der Waals surface area contributed by atoms with Gasteiger partial charge in [0.1, 0.15) is 5.69 Å². The maximum absolute atomic E-state index is 13.8. The quantitative estimate of drug-likeness (QED) is 0.175. The number of aromatic nitrogens is 4. The molecule has 0 atom stereocenters. The van der Waals surface area contributed by atoms with Crippen LogP contribution in [0.4, 0.5) is 5.69 Å². The fourth-order valence-corrected chi connectivity index (χ4v) is 4.47. The summed E-state index contributed by atoms with van der Waals surface area (Å²) in [6, 6.07) is 19.8. The zero-order valence-electron chi connectivity index (χ0n) is 18.3. The number of carbonyl (C=O) groups excluding carboxylic acids is 2. The number of carbonyl (C=O) groups is 2. The molecule has 9 nitrogen and oxygen atoms in total. The zero-order chi connectivity index (χ0) is 25.0. The van der Waals surface area contributed by atoms with Crippen molar-refractivity contribution in [3.05, 3.63) is 116 Å². The Labute approximate surface area is 210 Å². The predicted octanol–water partition coefficient (Wildman–Crippen LogP) is 5.50. The van der Waals surface area contributed by atoms with E-state index >= 15 is 0 Å². The van der Waals surface area contributed by atoms with E-state index in [4.69, 9.17) is 0 Å². The Morgan fingerprint density at radius 3 is 2.50 bits per heavy atom. The fourth-order valence-electron chi connectivity index (χ4n) is 4.21. The van der Waals surface area contributed by atoms with E-state index in [1.54, 1.807) is 30.5 Å². The maximum Gasteiger partial charge on any atom is 0.271 e. The number of nitro benzene ring substituents is 1. The second-order valence-corrected chi connectivity index (χ2v) is 9.05. The van der Waals surface area contributed by atoms with Gasteiger partial charge in [-0.05, 0) is 42.5 Å². The number of nitro groups is 1. The molecular weight excluding hydrogens is 526 g/mol. The third-order valence-electron chi connectivity index (χ3n) is 5.97. The van der Waals surface area contributed by atoms with Gasteiger partial charge in [0.2, 0.25) is 5.78 Å². The number of hydrogen-bond donors (Lipinski definition) is 1. The molecule has 0 saturated heterocycles. The molecule has 0 spiro atoms. The molecule has 3 aromatic carbocycles. The molecule has 0 unspecified atom stereocenters. The number of nitrogens with zero attached hydrogens (tertiary/aromatic N) is 4. The maximum atomic E-state index is 13.8. The van der Waals surface area contributed by atoms with Crippen molar-refractivity contribution in [2.45, 2.75) is 0 Å². The third kappa shape index (κ3) is 3.46. The van der Waals surface area contributed by atoms with Gasteiger partial charge < -0.3 is 4.98 Å². The number of nitrogens with one attached hydrogen (secondary N) is 1. The highest BCUT2D eigenvalue weighted by atomic mass is 79.9. The Bertz CT molecular complexity index is 1870. The van der Waals surface area contributed by atoms with Crippen LogP contribution in [0.5, 0.6) is 0 Å². The number of para-hydroxylation sites is 1. The summed E-state index contributed by atoms with van der Waals surface area (Å²) in [6.07, 6.45) is 1.62. The van der Waals surface area contributed by atoms with Crippen molar-refractivity contribution in [3.63, 3.8) is 0 Å². The van der Waals surface area contributed by atoms with Gasteiger partial charge in [0.15, 0.2) is 11.4 Å². The number of H-pyrrole nitrogens is 1. The Kier molecular flexibility index (Phi) is 4.97. The van der Waals surface area contributed by atoms with E-state index in [0.717, 1.165) is 15.4 Å². The Morgan fingerprint density at radius 2 is 1.72 bits per heavy atom. The van der Waals surface area contributed by atoms with Crippen LogP contribution in [0.2, 0.25) is 0 Å². The van der Waals surface area contributed by atoms with Crippen LogP contribution in [0.15, 0.2) is 83.5 Å². The minimum Gasteiger partial charge on any atom is -0.360 e. The SMILES string of the molecule is O=C(c1ccc(Br)cc1)c1cc(C(=O)c2c[nH]c3ccccc23)c2nc3ccc([N+](=O)[O-])cc3n2n1. The molecule has 1 N–H and O–H groups in total. The van der Waals surface area contributed by atoms with Crippen molar-refractivity contribution in [1.29, 1.82) is 0 Å². The molecule has 0 saturated carbocycles. The van der Waals surface area contributed by atoms with Gasteiger partial charge in [-0.15, -0.1) is 0 Å². The van der Waals surface area contributed by atoms with Gasteiger partial charge >= 0.3 is 0 Å². The molecule has 174 valence electrons. The first-order chi connectivity index (χ1) is 17.4. The second-order valence-electron chi connectivity index (χ2n) is 8.13. The zero-order valence-corrected chi connectivity index (χ0v) is 19.9. The van der Waals surface area contributed by atoms with Crippen LogP contribution in [0.3, 0.4) is 0 Å². The molecule has 0 fully saturated rings. The van der Waals surface area contributed by atoms with Crippen molar-refractivity contribution in [2.24, 2.45) is 0 Å². The minimum absolute atomic E-state index is 0.0128. The first-order valence-electron chi connectivity index (χ1n) is 10.8.